The second kappa shape index (κ2) is 5.46. The van der Waals surface area contributed by atoms with Crippen LogP contribution in [0.25, 0.3) is 22.6 Å². The molecule has 0 fully saturated rings. The third-order valence-corrected chi connectivity index (χ3v) is 3.15. The summed E-state index contributed by atoms with van der Waals surface area (Å²) in [7, 11) is 0. The molecule has 0 bridgehead atoms. The Morgan fingerprint density at radius 3 is 2.95 bits per heavy atom. The molecule has 2 aromatic heterocycles. The molecule has 0 aliphatic carbocycles. The van der Waals surface area contributed by atoms with Gasteiger partial charge in [0.05, 0.1) is 12.5 Å². The molecule has 3 aromatic rings. The number of nitrogens with zero attached hydrogens (tertiary/aromatic N) is 2. The molecular formula is C15H16N2O3. The molecule has 1 aromatic carbocycles. The van der Waals surface area contributed by atoms with Crippen molar-refractivity contribution in [3.05, 3.63) is 36.2 Å². The first-order chi connectivity index (χ1) is 9.76. The molecule has 5 nitrogen and oxygen atoms in total. The van der Waals surface area contributed by atoms with Gasteiger partial charge in [-0.3, -0.25) is 0 Å². The molecule has 2 heterocycles. The van der Waals surface area contributed by atoms with Gasteiger partial charge in [0.2, 0.25) is 11.7 Å². The van der Waals surface area contributed by atoms with E-state index in [1.165, 1.54) is 0 Å². The lowest BCUT2D eigenvalue weighted by atomic mass is 10.1. The second-order valence-corrected chi connectivity index (χ2v) is 4.81. The predicted molar refractivity (Wildman–Crippen MR) is 74.1 cm³/mol. The molecule has 1 atom stereocenters. The summed E-state index contributed by atoms with van der Waals surface area (Å²) in [6.07, 6.45) is 1.58. The molecule has 0 spiro atoms. The zero-order valence-electron chi connectivity index (χ0n) is 11.2. The monoisotopic (exact) mass is 272 g/mol. The van der Waals surface area contributed by atoms with E-state index in [1.807, 2.05) is 37.3 Å². The van der Waals surface area contributed by atoms with E-state index in [9.17, 15) is 5.11 Å². The zero-order chi connectivity index (χ0) is 13.9. The highest BCUT2D eigenvalue weighted by molar-refractivity contribution is 5.81. The molecule has 0 amide bonds. The van der Waals surface area contributed by atoms with Gasteiger partial charge in [0, 0.05) is 5.39 Å². The van der Waals surface area contributed by atoms with Gasteiger partial charge < -0.3 is 14.0 Å². The molecule has 0 saturated carbocycles. The summed E-state index contributed by atoms with van der Waals surface area (Å²) in [4.78, 5) is 4.27. The first kappa shape index (κ1) is 12.9. The van der Waals surface area contributed by atoms with Crippen LogP contribution >= 0.6 is 0 Å². The van der Waals surface area contributed by atoms with Gasteiger partial charge in [-0.2, -0.15) is 4.98 Å². The Bertz CT molecular complexity index is 669. The van der Waals surface area contributed by atoms with Crippen molar-refractivity contribution < 1.29 is 14.0 Å². The van der Waals surface area contributed by atoms with Crippen molar-refractivity contribution in [1.29, 1.82) is 0 Å². The maximum absolute atomic E-state index is 9.75. The maximum Gasteiger partial charge on any atom is 0.238 e. The molecule has 20 heavy (non-hydrogen) atoms. The van der Waals surface area contributed by atoms with Gasteiger partial charge in [-0.25, -0.2) is 0 Å². The first-order valence-corrected chi connectivity index (χ1v) is 6.76. The average molecular weight is 272 g/mol. The Morgan fingerprint density at radius 2 is 2.15 bits per heavy atom. The van der Waals surface area contributed by atoms with Crippen LogP contribution in [-0.2, 0) is 6.42 Å². The van der Waals surface area contributed by atoms with Gasteiger partial charge in [0.25, 0.3) is 0 Å². The Kier molecular flexibility index (Phi) is 3.52. The van der Waals surface area contributed by atoms with E-state index in [-0.39, 0.29) is 0 Å². The number of hydrogen-bond donors (Lipinski definition) is 1. The highest BCUT2D eigenvalue weighted by Gasteiger charge is 2.15. The van der Waals surface area contributed by atoms with Gasteiger partial charge in [-0.1, -0.05) is 36.7 Å². The molecule has 0 radical (unpaired) electrons. The minimum absolute atomic E-state index is 0.376. The van der Waals surface area contributed by atoms with Crippen LogP contribution in [0.2, 0.25) is 0 Å². The Labute approximate surface area is 116 Å². The number of fused-ring (bicyclic) bond motifs is 1. The highest BCUT2D eigenvalue weighted by atomic mass is 16.5. The lowest BCUT2D eigenvalue weighted by Crippen LogP contribution is -2.09. The standard InChI is InChI=1S/C15H16N2O3/c1-2-5-11(18)9-14-16-15(17-20-14)13-8-10-6-3-4-7-12(10)19-13/h3-4,6-8,11,18H,2,5,9H2,1H3. The van der Waals surface area contributed by atoms with Crippen LogP contribution in [0.3, 0.4) is 0 Å². The summed E-state index contributed by atoms with van der Waals surface area (Å²) in [5.74, 6) is 1.42. The summed E-state index contributed by atoms with van der Waals surface area (Å²) in [5.41, 5.74) is 0.792. The molecule has 104 valence electrons. The van der Waals surface area contributed by atoms with Crippen LogP contribution in [-0.4, -0.2) is 21.4 Å². The summed E-state index contributed by atoms with van der Waals surface area (Å²) < 4.78 is 10.8. The summed E-state index contributed by atoms with van der Waals surface area (Å²) in [6.45, 7) is 2.02. The lowest BCUT2D eigenvalue weighted by molar-refractivity contribution is 0.152. The van der Waals surface area contributed by atoms with E-state index in [4.69, 9.17) is 8.94 Å². The number of hydrogen-bond acceptors (Lipinski definition) is 5. The quantitative estimate of drug-likeness (QED) is 0.772. The highest BCUT2D eigenvalue weighted by Crippen LogP contribution is 2.25. The third kappa shape index (κ3) is 2.58. The van der Waals surface area contributed by atoms with E-state index in [1.54, 1.807) is 0 Å². The van der Waals surface area contributed by atoms with Gasteiger partial charge in [-0.05, 0) is 18.6 Å². The largest absolute Gasteiger partial charge is 0.453 e. The average Bonchev–Trinajstić information content (AvgIpc) is 3.04. The SMILES string of the molecule is CCCC(O)Cc1nc(-c2cc3ccccc3o2)no1. The van der Waals surface area contributed by atoms with Crippen molar-refractivity contribution in [2.45, 2.75) is 32.3 Å². The minimum atomic E-state index is -0.441. The number of rotatable bonds is 5. The van der Waals surface area contributed by atoms with E-state index in [0.717, 1.165) is 23.8 Å². The number of aromatic nitrogens is 2. The predicted octanol–water partition coefficient (Wildman–Crippen LogP) is 3.19. The molecule has 0 aliphatic rings. The van der Waals surface area contributed by atoms with Crippen molar-refractivity contribution in [3.8, 4) is 11.6 Å². The van der Waals surface area contributed by atoms with Crippen molar-refractivity contribution in [2.24, 2.45) is 0 Å². The third-order valence-electron chi connectivity index (χ3n) is 3.15. The summed E-state index contributed by atoms with van der Waals surface area (Å²) in [5, 5.41) is 14.6. The zero-order valence-corrected chi connectivity index (χ0v) is 11.2. The molecule has 0 saturated heterocycles. The lowest BCUT2D eigenvalue weighted by Gasteiger charge is -2.03. The Hall–Kier alpha value is -2.14. The molecule has 1 unspecified atom stereocenters. The number of furan rings is 1. The van der Waals surface area contributed by atoms with Gasteiger partial charge in [0.1, 0.15) is 5.58 Å². The van der Waals surface area contributed by atoms with Gasteiger partial charge >= 0.3 is 0 Å². The molecular weight excluding hydrogens is 256 g/mol. The van der Waals surface area contributed by atoms with E-state index >= 15 is 0 Å². The normalized spacial score (nSPS) is 12.9. The fourth-order valence-electron chi connectivity index (χ4n) is 2.17. The van der Waals surface area contributed by atoms with Crippen molar-refractivity contribution >= 4 is 11.0 Å². The van der Waals surface area contributed by atoms with Crippen LogP contribution < -0.4 is 0 Å². The maximum atomic E-state index is 9.75. The van der Waals surface area contributed by atoms with E-state index < -0.39 is 6.10 Å². The van der Waals surface area contributed by atoms with Crippen LogP contribution in [0.1, 0.15) is 25.7 Å². The first-order valence-electron chi connectivity index (χ1n) is 6.76. The molecule has 0 aliphatic heterocycles. The van der Waals surface area contributed by atoms with Crippen molar-refractivity contribution in [3.63, 3.8) is 0 Å². The molecule has 1 N–H and O–H groups in total. The summed E-state index contributed by atoms with van der Waals surface area (Å²) >= 11 is 0. The minimum Gasteiger partial charge on any atom is -0.453 e. The topological polar surface area (TPSA) is 72.3 Å². The number of benzene rings is 1. The van der Waals surface area contributed by atoms with E-state index in [0.29, 0.717) is 23.9 Å². The van der Waals surface area contributed by atoms with Crippen LogP contribution in [0, 0.1) is 0 Å². The Morgan fingerprint density at radius 1 is 1.30 bits per heavy atom. The smallest absolute Gasteiger partial charge is 0.238 e. The second-order valence-electron chi connectivity index (χ2n) is 4.81. The number of aliphatic hydroxyl groups is 1. The van der Waals surface area contributed by atoms with Crippen molar-refractivity contribution in [1.82, 2.24) is 10.1 Å². The van der Waals surface area contributed by atoms with Crippen LogP contribution in [0.4, 0.5) is 0 Å². The molecule has 5 heteroatoms. The number of aliphatic hydroxyl groups excluding tert-OH is 1. The Balaban J connectivity index is 1.82. The summed E-state index contributed by atoms with van der Waals surface area (Å²) in [6, 6.07) is 9.61. The fourth-order valence-corrected chi connectivity index (χ4v) is 2.17. The molecule has 3 rings (SSSR count). The fraction of sp³-hybridized carbons (Fsp3) is 0.333. The van der Waals surface area contributed by atoms with Gasteiger partial charge in [-0.15, -0.1) is 0 Å². The van der Waals surface area contributed by atoms with Crippen LogP contribution in [0.5, 0.6) is 0 Å². The van der Waals surface area contributed by atoms with Gasteiger partial charge in [0.15, 0.2) is 5.76 Å². The van der Waals surface area contributed by atoms with Crippen LogP contribution in [0.15, 0.2) is 39.3 Å². The van der Waals surface area contributed by atoms with E-state index in [2.05, 4.69) is 10.1 Å². The number of para-hydroxylation sites is 1. The van der Waals surface area contributed by atoms with Crippen molar-refractivity contribution in [2.75, 3.05) is 0 Å².